The van der Waals surface area contributed by atoms with E-state index in [0.717, 1.165) is 0 Å². The molecule has 0 aliphatic rings. The van der Waals surface area contributed by atoms with Crippen molar-refractivity contribution in [3.63, 3.8) is 0 Å². The van der Waals surface area contributed by atoms with Crippen molar-refractivity contribution in [2.24, 2.45) is 0 Å². The van der Waals surface area contributed by atoms with Crippen molar-refractivity contribution >= 4 is 29.5 Å². The molecule has 0 atom stereocenters. The van der Waals surface area contributed by atoms with Crippen LogP contribution in [-0.2, 0) is 0 Å². The molecule has 0 bridgehead atoms. The number of carbonyl (C=O) groups excluding carboxylic acids is 2. The highest BCUT2D eigenvalue weighted by molar-refractivity contribution is 6.31. The number of hydrogen-bond acceptors (Lipinski definition) is 2. The third-order valence-corrected chi connectivity index (χ3v) is 2.66. The molecule has 0 unspecified atom stereocenters. The van der Waals surface area contributed by atoms with Gasteiger partial charge in [-0.05, 0) is 30.3 Å². The highest BCUT2D eigenvalue weighted by Crippen LogP contribution is 2.16. The molecule has 0 heterocycles. The van der Waals surface area contributed by atoms with Gasteiger partial charge in [-0.25, -0.2) is 0 Å². The highest BCUT2D eigenvalue weighted by Gasteiger charge is 2.08. The van der Waals surface area contributed by atoms with Gasteiger partial charge < -0.3 is 5.32 Å². The molecule has 1 N–H and O–H groups in total. The van der Waals surface area contributed by atoms with E-state index >= 15 is 0 Å². The molecule has 0 saturated carbocycles. The maximum absolute atomic E-state index is 11.9. The fourth-order valence-corrected chi connectivity index (χ4v) is 1.73. The lowest BCUT2D eigenvalue weighted by molar-refractivity contribution is 0.102. The summed E-state index contributed by atoms with van der Waals surface area (Å²) >= 11 is 5.81. The van der Waals surface area contributed by atoms with E-state index in [1.807, 2.05) is 0 Å². The first-order valence-corrected chi connectivity index (χ1v) is 5.69. The van der Waals surface area contributed by atoms with Crippen molar-refractivity contribution in [3.8, 4) is 0 Å². The van der Waals surface area contributed by atoms with Gasteiger partial charge in [0.2, 0.25) is 0 Å². The molecule has 2 aromatic carbocycles. The smallest absolute Gasteiger partial charge is 0.255 e. The molecule has 0 aliphatic heterocycles. The summed E-state index contributed by atoms with van der Waals surface area (Å²) in [5, 5.41) is 3.17. The molecule has 0 saturated heterocycles. The maximum Gasteiger partial charge on any atom is 0.255 e. The normalized spacial score (nSPS) is 9.83. The average Bonchev–Trinajstić information content (AvgIpc) is 2.39. The molecule has 0 spiro atoms. The van der Waals surface area contributed by atoms with Gasteiger partial charge in [-0.15, -0.1) is 0 Å². The molecule has 0 aromatic heterocycles. The fraction of sp³-hybridized carbons (Fsp3) is 0. The van der Waals surface area contributed by atoms with Gasteiger partial charge >= 0.3 is 0 Å². The summed E-state index contributed by atoms with van der Waals surface area (Å²) in [4.78, 5) is 22.8. The Bertz CT molecular complexity index is 596. The van der Waals surface area contributed by atoms with Gasteiger partial charge in [-0.2, -0.15) is 0 Å². The molecular weight excluding hydrogens is 250 g/mol. The van der Waals surface area contributed by atoms with E-state index < -0.39 is 0 Å². The van der Waals surface area contributed by atoms with Crippen LogP contribution in [0.25, 0.3) is 0 Å². The first kappa shape index (κ1) is 12.3. The molecule has 4 heteroatoms. The Labute approximate surface area is 109 Å². The van der Waals surface area contributed by atoms with Crippen molar-refractivity contribution in [2.45, 2.75) is 0 Å². The Hall–Kier alpha value is -2.13. The molecule has 0 radical (unpaired) electrons. The molecule has 2 rings (SSSR count). The predicted molar refractivity (Wildman–Crippen MR) is 71.2 cm³/mol. The maximum atomic E-state index is 11.9. The van der Waals surface area contributed by atoms with E-state index in [9.17, 15) is 9.59 Å². The first-order chi connectivity index (χ1) is 8.70. The summed E-state index contributed by atoms with van der Waals surface area (Å²) in [6, 6.07) is 13.4. The van der Waals surface area contributed by atoms with E-state index in [-0.39, 0.29) is 5.91 Å². The van der Waals surface area contributed by atoms with Crippen LogP contribution >= 0.6 is 11.6 Å². The van der Waals surface area contributed by atoms with Crippen molar-refractivity contribution in [3.05, 3.63) is 64.7 Å². The molecule has 90 valence electrons. The Morgan fingerprint density at radius 2 is 1.89 bits per heavy atom. The summed E-state index contributed by atoms with van der Waals surface area (Å²) in [5.41, 5.74) is 1.37. The molecule has 3 nitrogen and oxygen atoms in total. The number of aldehydes is 1. The number of rotatable bonds is 3. The Kier molecular flexibility index (Phi) is 3.75. The summed E-state index contributed by atoms with van der Waals surface area (Å²) in [6.45, 7) is 0. The van der Waals surface area contributed by atoms with Gasteiger partial charge in [-0.1, -0.05) is 29.8 Å². The summed E-state index contributed by atoms with van der Waals surface area (Å²) < 4.78 is 0. The molecule has 2 aromatic rings. The zero-order chi connectivity index (χ0) is 13.0. The van der Waals surface area contributed by atoms with Crippen LogP contribution in [0.1, 0.15) is 20.7 Å². The lowest BCUT2D eigenvalue weighted by atomic mass is 10.1. The average molecular weight is 260 g/mol. The number of benzene rings is 2. The van der Waals surface area contributed by atoms with Crippen molar-refractivity contribution < 1.29 is 9.59 Å². The number of halogens is 1. The summed E-state index contributed by atoms with van der Waals surface area (Å²) in [7, 11) is 0. The van der Waals surface area contributed by atoms with Crippen LogP contribution in [0.15, 0.2) is 48.5 Å². The summed E-state index contributed by atoms with van der Waals surface area (Å²) in [6.07, 6.45) is 0.702. The number of nitrogens with one attached hydrogen (secondary N) is 1. The topological polar surface area (TPSA) is 46.2 Å². The van der Waals surface area contributed by atoms with E-state index in [1.165, 1.54) is 0 Å². The lowest BCUT2D eigenvalue weighted by Crippen LogP contribution is -2.13. The van der Waals surface area contributed by atoms with Gasteiger partial charge in [0, 0.05) is 16.1 Å². The van der Waals surface area contributed by atoms with Gasteiger partial charge in [-0.3, -0.25) is 9.59 Å². The SMILES string of the molecule is O=Cc1ccccc1NC(=O)c1cccc(Cl)c1. The summed E-state index contributed by atoms with van der Waals surface area (Å²) in [5.74, 6) is -0.299. The number of hydrogen-bond donors (Lipinski definition) is 1. The molecule has 1 amide bonds. The molecular formula is C14H10ClNO2. The Balaban J connectivity index is 2.24. The van der Waals surface area contributed by atoms with Crippen LogP contribution in [-0.4, -0.2) is 12.2 Å². The third-order valence-electron chi connectivity index (χ3n) is 2.42. The van der Waals surface area contributed by atoms with E-state index in [2.05, 4.69) is 5.32 Å². The lowest BCUT2D eigenvalue weighted by Gasteiger charge is -2.07. The van der Waals surface area contributed by atoms with Crippen LogP contribution in [0.3, 0.4) is 0 Å². The standard InChI is InChI=1S/C14H10ClNO2/c15-12-6-3-5-10(8-12)14(18)16-13-7-2-1-4-11(13)9-17/h1-9H,(H,16,18). The zero-order valence-electron chi connectivity index (χ0n) is 9.39. The molecule has 18 heavy (non-hydrogen) atoms. The predicted octanol–water partition coefficient (Wildman–Crippen LogP) is 3.40. The Morgan fingerprint density at radius 3 is 2.61 bits per heavy atom. The number of amides is 1. The molecule has 0 fully saturated rings. The zero-order valence-corrected chi connectivity index (χ0v) is 10.1. The molecule has 0 aliphatic carbocycles. The second-order valence-electron chi connectivity index (χ2n) is 3.67. The van der Waals surface area contributed by atoms with Gasteiger partial charge in [0.25, 0.3) is 5.91 Å². The quantitative estimate of drug-likeness (QED) is 0.859. The largest absolute Gasteiger partial charge is 0.321 e. The van der Waals surface area contributed by atoms with E-state index in [0.29, 0.717) is 28.1 Å². The van der Waals surface area contributed by atoms with Crippen LogP contribution in [0, 0.1) is 0 Å². The second-order valence-corrected chi connectivity index (χ2v) is 4.11. The minimum Gasteiger partial charge on any atom is -0.321 e. The van der Waals surface area contributed by atoms with Crippen LogP contribution < -0.4 is 5.32 Å². The third kappa shape index (κ3) is 2.76. The van der Waals surface area contributed by atoms with Crippen molar-refractivity contribution in [1.82, 2.24) is 0 Å². The minimum absolute atomic E-state index is 0.299. The van der Waals surface area contributed by atoms with Crippen LogP contribution in [0.5, 0.6) is 0 Å². The monoisotopic (exact) mass is 259 g/mol. The number of para-hydroxylation sites is 1. The van der Waals surface area contributed by atoms with E-state index in [1.54, 1.807) is 48.5 Å². The first-order valence-electron chi connectivity index (χ1n) is 5.32. The van der Waals surface area contributed by atoms with Gasteiger partial charge in [0.1, 0.15) is 0 Å². The van der Waals surface area contributed by atoms with Gasteiger partial charge in [0.15, 0.2) is 6.29 Å². The van der Waals surface area contributed by atoms with Gasteiger partial charge in [0.05, 0.1) is 5.69 Å². The van der Waals surface area contributed by atoms with Crippen LogP contribution in [0.2, 0.25) is 5.02 Å². The fourth-order valence-electron chi connectivity index (χ4n) is 1.54. The number of carbonyl (C=O) groups is 2. The minimum atomic E-state index is -0.299. The number of anilines is 1. The van der Waals surface area contributed by atoms with Crippen LogP contribution in [0.4, 0.5) is 5.69 Å². The van der Waals surface area contributed by atoms with Crippen molar-refractivity contribution in [1.29, 1.82) is 0 Å². The Morgan fingerprint density at radius 1 is 1.11 bits per heavy atom. The highest BCUT2D eigenvalue weighted by atomic mass is 35.5. The second kappa shape index (κ2) is 5.47. The van der Waals surface area contributed by atoms with E-state index in [4.69, 9.17) is 11.6 Å². The van der Waals surface area contributed by atoms with Crippen molar-refractivity contribution in [2.75, 3.05) is 5.32 Å².